The Labute approximate surface area is 161 Å². The van der Waals surface area contributed by atoms with Crippen molar-refractivity contribution in [3.05, 3.63) is 35.9 Å². The molecule has 0 N–H and O–H groups in total. The van der Waals surface area contributed by atoms with Gasteiger partial charge >= 0.3 is 0 Å². The Morgan fingerprint density at radius 2 is 1.08 bits per heavy atom. The number of hydrogen-bond donors (Lipinski definition) is 0. The second kappa shape index (κ2) is 18.3. The van der Waals surface area contributed by atoms with E-state index in [9.17, 15) is 0 Å². The molecule has 1 rings (SSSR count). The molecule has 144 valence electrons. The molecule has 0 aliphatic heterocycles. The van der Waals surface area contributed by atoms with E-state index in [1.165, 1.54) is 31.2 Å². The minimum absolute atomic E-state index is 0.599. The number of rotatable bonds is 18. The van der Waals surface area contributed by atoms with E-state index in [2.05, 4.69) is 28.1 Å². The van der Waals surface area contributed by atoms with Crippen molar-refractivity contribution in [2.45, 2.75) is 38.7 Å². The third-order valence-electron chi connectivity index (χ3n) is 3.65. The van der Waals surface area contributed by atoms with Crippen molar-refractivity contribution in [2.75, 3.05) is 51.6 Å². The fourth-order valence-corrected chi connectivity index (χ4v) is 2.65. The molecule has 5 heteroatoms. The van der Waals surface area contributed by atoms with Gasteiger partial charge in [0.15, 0.2) is 0 Å². The zero-order valence-corrected chi connectivity index (χ0v) is 16.9. The summed E-state index contributed by atoms with van der Waals surface area (Å²) in [7, 11) is 0. The van der Waals surface area contributed by atoms with Crippen molar-refractivity contribution in [2.24, 2.45) is 0 Å². The molecule has 0 bridgehead atoms. The van der Waals surface area contributed by atoms with Crippen LogP contribution in [0.25, 0.3) is 0 Å². The summed E-state index contributed by atoms with van der Waals surface area (Å²) >= 11 is 3.45. The Balaban J connectivity index is 1.69. The molecule has 0 spiro atoms. The summed E-state index contributed by atoms with van der Waals surface area (Å²) in [5.74, 6) is 0. The van der Waals surface area contributed by atoms with Gasteiger partial charge in [-0.05, 0) is 18.4 Å². The first-order valence-electron chi connectivity index (χ1n) is 9.34. The monoisotopic (exact) mass is 416 g/mol. The average Bonchev–Trinajstić information content (AvgIpc) is 2.65. The number of benzene rings is 1. The molecule has 1 aromatic carbocycles. The van der Waals surface area contributed by atoms with E-state index in [0.717, 1.165) is 18.4 Å². The lowest BCUT2D eigenvalue weighted by Crippen LogP contribution is -2.12. The topological polar surface area (TPSA) is 36.9 Å². The minimum atomic E-state index is 0.599. The molecule has 0 aromatic heterocycles. The van der Waals surface area contributed by atoms with Crippen LogP contribution in [0.15, 0.2) is 30.3 Å². The smallest absolute Gasteiger partial charge is 0.0718 e. The molecule has 0 unspecified atom stereocenters. The highest BCUT2D eigenvalue weighted by molar-refractivity contribution is 9.09. The van der Waals surface area contributed by atoms with Gasteiger partial charge in [0.1, 0.15) is 0 Å². The van der Waals surface area contributed by atoms with Crippen molar-refractivity contribution in [3.63, 3.8) is 0 Å². The number of halogens is 1. The Kier molecular flexibility index (Phi) is 16.6. The van der Waals surface area contributed by atoms with Crippen LogP contribution >= 0.6 is 15.9 Å². The molecule has 0 saturated heterocycles. The third kappa shape index (κ3) is 15.5. The highest BCUT2D eigenvalue weighted by Gasteiger charge is 1.95. The molecular weight excluding hydrogens is 384 g/mol. The lowest BCUT2D eigenvalue weighted by molar-refractivity contribution is -0.00440. The van der Waals surface area contributed by atoms with Gasteiger partial charge in [-0.25, -0.2) is 0 Å². The molecule has 0 aliphatic carbocycles. The van der Waals surface area contributed by atoms with Crippen molar-refractivity contribution < 1.29 is 18.9 Å². The van der Waals surface area contributed by atoms with Gasteiger partial charge in [-0.2, -0.15) is 0 Å². The second-order valence-corrected chi connectivity index (χ2v) is 6.63. The number of ether oxygens (including phenoxy) is 4. The van der Waals surface area contributed by atoms with Crippen LogP contribution in [0.3, 0.4) is 0 Å². The van der Waals surface area contributed by atoms with Crippen LogP contribution in [0.2, 0.25) is 0 Å². The highest BCUT2D eigenvalue weighted by atomic mass is 79.9. The van der Waals surface area contributed by atoms with Gasteiger partial charge in [0, 0.05) is 11.9 Å². The maximum atomic E-state index is 5.55. The van der Waals surface area contributed by atoms with Gasteiger partial charge < -0.3 is 18.9 Å². The standard InChI is InChI=1S/C20H33BrO4/c21-11-7-2-1-3-8-12-22-13-14-23-15-16-24-17-18-25-19-20-9-5-4-6-10-20/h4-6,9-10H,1-3,7-8,11-19H2. The summed E-state index contributed by atoms with van der Waals surface area (Å²) in [6, 6.07) is 10.2. The molecule has 25 heavy (non-hydrogen) atoms. The lowest BCUT2D eigenvalue weighted by atomic mass is 10.2. The summed E-state index contributed by atoms with van der Waals surface area (Å²) in [4.78, 5) is 0. The van der Waals surface area contributed by atoms with Gasteiger partial charge in [-0.1, -0.05) is 65.5 Å². The lowest BCUT2D eigenvalue weighted by Gasteiger charge is -2.07. The molecule has 0 fully saturated rings. The molecule has 0 atom stereocenters. The summed E-state index contributed by atoms with van der Waals surface area (Å²) in [5.41, 5.74) is 1.18. The molecule has 4 nitrogen and oxygen atoms in total. The van der Waals surface area contributed by atoms with Crippen LogP contribution in [0, 0.1) is 0 Å². The van der Waals surface area contributed by atoms with E-state index in [-0.39, 0.29) is 0 Å². The van der Waals surface area contributed by atoms with Gasteiger partial charge in [-0.3, -0.25) is 0 Å². The number of alkyl halides is 1. The largest absolute Gasteiger partial charge is 0.379 e. The van der Waals surface area contributed by atoms with E-state index in [1.807, 2.05) is 18.2 Å². The fraction of sp³-hybridized carbons (Fsp3) is 0.700. The molecule has 0 heterocycles. The summed E-state index contributed by atoms with van der Waals surface area (Å²) in [5, 5.41) is 1.12. The number of unbranched alkanes of at least 4 members (excludes halogenated alkanes) is 4. The van der Waals surface area contributed by atoms with Gasteiger partial charge in [0.25, 0.3) is 0 Å². The zero-order valence-electron chi connectivity index (χ0n) is 15.3. The molecule has 0 saturated carbocycles. The molecule has 1 aromatic rings. The summed E-state index contributed by atoms with van der Waals surface area (Å²) in [6.07, 6.45) is 6.29. The minimum Gasteiger partial charge on any atom is -0.379 e. The Bertz CT molecular complexity index is 375. The van der Waals surface area contributed by atoms with Crippen molar-refractivity contribution in [1.29, 1.82) is 0 Å². The van der Waals surface area contributed by atoms with Crippen LogP contribution in [0.4, 0.5) is 0 Å². The van der Waals surface area contributed by atoms with Crippen LogP contribution in [0.5, 0.6) is 0 Å². The van der Waals surface area contributed by atoms with Crippen LogP contribution in [-0.2, 0) is 25.6 Å². The van der Waals surface area contributed by atoms with Gasteiger partial charge in [0.2, 0.25) is 0 Å². The van der Waals surface area contributed by atoms with E-state index < -0.39 is 0 Å². The van der Waals surface area contributed by atoms with Gasteiger partial charge in [-0.15, -0.1) is 0 Å². The first-order chi connectivity index (χ1) is 12.4. The van der Waals surface area contributed by atoms with Crippen molar-refractivity contribution >= 4 is 15.9 Å². The second-order valence-electron chi connectivity index (χ2n) is 5.83. The molecular formula is C20H33BrO4. The Morgan fingerprint density at radius 1 is 0.560 bits per heavy atom. The normalized spacial score (nSPS) is 11.1. The van der Waals surface area contributed by atoms with Crippen molar-refractivity contribution in [1.82, 2.24) is 0 Å². The summed E-state index contributed by atoms with van der Waals surface area (Å²) < 4.78 is 22.0. The fourth-order valence-electron chi connectivity index (χ4n) is 2.25. The molecule has 0 amide bonds. The molecule has 0 radical (unpaired) electrons. The van der Waals surface area contributed by atoms with Crippen LogP contribution in [-0.4, -0.2) is 51.6 Å². The molecule has 0 aliphatic rings. The average molecular weight is 417 g/mol. The SMILES string of the molecule is BrCCCCCCCOCCOCCOCCOCc1ccccc1. The van der Waals surface area contributed by atoms with Crippen LogP contribution in [0.1, 0.15) is 37.7 Å². The van der Waals surface area contributed by atoms with Gasteiger partial charge in [0.05, 0.1) is 46.2 Å². The third-order valence-corrected chi connectivity index (χ3v) is 4.21. The maximum absolute atomic E-state index is 5.55. The van der Waals surface area contributed by atoms with Crippen LogP contribution < -0.4 is 0 Å². The van der Waals surface area contributed by atoms with E-state index in [0.29, 0.717) is 46.2 Å². The van der Waals surface area contributed by atoms with E-state index in [1.54, 1.807) is 0 Å². The Hall–Kier alpha value is -0.460. The quantitative estimate of drug-likeness (QED) is 0.259. The predicted molar refractivity (Wildman–Crippen MR) is 105 cm³/mol. The Morgan fingerprint density at radius 3 is 1.72 bits per heavy atom. The predicted octanol–water partition coefficient (Wildman–Crippen LogP) is 4.60. The zero-order chi connectivity index (χ0) is 17.8. The first-order valence-corrected chi connectivity index (χ1v) is 10.5. The summed E-state index contributed by atoms with van der Waals surface area (Å²) in [6.45, 7) is 5.19. The maximum Gasteiger partial charge on any atom is 0.0718 e. The van der Waals surface area contributed by atoms with Crippen molar-refractivity contribution in [3.8, 4) is 0 Å². The van der Waals surface area contributed by atoms with E-state index >= 15 is 0 Å². The first kappa shape index (κ1) is 22.6. The number of hydrogen-bond acceptors (Lipinski definition) is 4. The highest BCUT2D eigenvalue weighted by Crippen LogP contribution is 2.04. The van der Waals surface area contributed by atoms with E-state index in [4.69, 9.17) is 18.9 Å².